The number of ether oxygens (including phenoxy) is 4. The van der Waals surface area contributed by atoms with E-state index >= 15 is 0 Å². The lowest BCUT2D eigenvalue weighted by atomic mass is 9.88. The molecule has 0 amide bonds. The first-order chi connectivity index (χ1) is 21.7. The van der Waals surface area contributed by atoms with Crippen molar-refractivity contribution in [3.63, 3.8) is 0 Å². The van der Waals surface area contributed by atoms with Crippen molar-refractivity contribution in [2.24, 2.45) is 23.7 Å². The number of hydrogen-bond acceptors (Lipinski definition) is 15. The third-order valence-corrected chi connectivity index (χ3v) is 8.70. The summed E-state index contributed by atoms with van der Waals surface area (Å²) in [4.78, 5) is 61.7. The van der Waals surface area contributed by atoms with Gasteiger partial charge >= 0.3 is 31.4 Å². The van der Waals surface area contributed by atoms with Gasteiger partial charge in [0.1, 0.15) is 18.4 Å². The number of carbonyl (C=O) groups excluding carboxylic acids is 3. The maximum atomic E-state index is 14.7. The number of esters is 3. The van der Waals surface area contributed by atoms with E-state index in [1.807, 2.05) is 0 Å². The molecule has 0 radical (unpaired) electrons. The number of halogens is 1. The minimum absolute atomic E-state index is 0.0950. The van der Waals surface area contributed by atoms with E-state index in [4.69, 9.17) is 32.5 Å². The second kappa shape index (κ2) is 16.4. The van der Waals surface area contributed by atoms with Crippen LogP contribution in [0.5, 0.6) is 0 Å². The van der Waals surface area contributed by atoms with Crippen LogP contribution in [0, 0.1) is 23.7 Å². The molecular weight excluding hydrogens is 654 g/mol. The largest absolute Gasteiger partial charge is 0.480 e. The zero-order valence-corrected chi connectivity index (χ0v) is 28.5. The van der Waals surface area contributed by atoms with Crippen LogP contribution < -0.4 is 11.2 Å². The van der Waals surface area contributed by atoms with Crippen molar-refractivity contribution in [3.05, 3.63) is 33.1 Å². The van der Waals surface area contributed by atoms with Gasteiger partial charge in [-0.3, -0.25) is 28.3 Å². The van der Waals surface area contributed by atoms with Gasteiger partial charge in [0.25, 0.3) is 5.56 Å². The maximum Gasteiger partial charge on any atom is 0.480 e. The Morgan fingerprint density at radius 3 is 1.96 bits per heavy atom. The van der Waals surface area contributed by atoms with Gasteiger partial charge in [0, 0.05) is 12.3 Å². The van der Waals surface area contributed by atoms with Gasteiger partial charge in [-0.2, -0.15) is 0 Å². The smallest absolute Gasteiger partial charge is 0.443 e. The molecule has 0 saturated carbocycles. The Bertz CT molecular complexity index is 1390. The average molecular weight is 699 g/mol. The predicted octanol–water partition coefficient (Wildman–Crippen LogP) is 1.62. The molecule has 1 aromatic rings. The van der Waals surface area contributed by atoms with Gasteiger partial charge in [-0.15, -0.1) is 0 Å². The molecule has 2 rings (SSSR count). The fourth-order valence-corrected chi connectivity index (χ4v) is 4.92. The molecule has 47 heavy (non-hydrogen) atoms. The SMILES string of the molecule is CC(C)C(=O)OCOP(=O)(OCOC(=O)C(C)C)OC[C@@]1(CF)O[C@@H](n2ccc(=O)n(COC(=O)C(C)C(C)C)c2=O)[C@](C)(O)[C@@H]1O. The first kappa shape index (κ1) is 40.2. The molecule has 0 aliphatic carbocycles. The van der Waals surface area contributed by atoms with Crippen molar-refractivity contribution in [1.29, 1.82) is 0 Å². The number of alkyl halides is 1. The van der Waals surface area contributed by atoms with Crippen LogP contribution >= 0.6 is 7.82 Å². The highest BCUT2D eigenvalue weighted by atomic mass is 31.2. The maximum absolute atomic E-state index is 14.7. The Hall–Kier alpha value is -2.99. The summed E-state index contributed by atoms with van der Waals surface area (Å²) in [5.41, 5.74) is -7.00. The summed E-state index contributed by atoms with van der Waals surface area (Å²) < 4.78 is 64.9. The number of aliphatic hydroxyl groups excluding tert-OH is 1. The summed E-state index contributed by atoms with van der Waals surface area (Å²) in [5.74, 6) is -3.99. The number of phosphoric ester groups is 1. The van der Waals surface area contributed by atoms with Crippen LogP contribution in [-0.2, 0) is 58.2 Å². The lowest BCUT2D eigenvalue weighted by Crippen LogP contribution is -2.53. The summed E-state index contributed by atoms with van der Waals surface area (Å²) in [5, 5.41) is 22.3. The van der Waals surface area contributed by atoms with Gasteiger partial charge in [-0.25, -0.2) is 27.4 Å². The van der Waals surface area contributed by atoms with Crippen molar-refractivity contribution in [2.45, 2.75) is 85.7 Å². The van der Waals surface area contributed by atoms with Crippen LogP contribution in [0.25, 0.3) is 0 Å². The highest BCUT2D eigenvalue weighted by Crippen LogP contribution is 2.52. The van der Waals surface area contributed by atoms with E-state index < -0.39 is 112 Å². The predicted molar refractivity (Wildman–Crippen MR) is 158 cm³/mol. The molecule has 0 spiro atoms. The number of hydrogen-bond donors (Lipinski definition) is 2. The van der Waals surface area contributed by atoms with Crippen LogP contribution in [0.1, 0.15) is 61.6 Å². The second-order valence-corrected chi connectivity index (χ2v) is 13.8. The highest BCUT2D eigenvalue weighted by molar-refractivity contribution is 7.48. The molecule has 5 atom stereocenters. The number of rotatable bonds is 17. The van der Waals surface area contributed by atoms with E-state index in [0.29, 0.717) is 9.13 Å². The number of aromatic nitrogens is 2. The molecule has 1 aliphatic heterocycles. The second-order valence-electron chi connectivity index (χ2n) is 12.1. The molecule has 0 bridgehead atoms. The number of nitrogens with zero attached hydrogens (tertiary/aromatic N) is 2. The zero-order valence-electron chi connectivity index (χ0n) is 27.6. The molecule has 0 aromatic carbocycles. The fraction of sp³-hybridized carbons (Fsp3) is 0.750. The van der Waals surface area contributed by atoms with Gasteiger partial charge in [-0.1, -0.05) is 48.5 Å². The van der Waals surface area contributed by atoms with Gasteiger partial charge in [0.2, 0.25) is 13.6 Å². The summed E-state index contributed by atoms with van der Waals surface area (Å²) >= 11 is 0. The molecule has 268 valence electrons. The van der Waals surface area contributed by atoms with Crippen molar-refractivity contribution < 1.29 is 66.1 Å². The molecule has 1 saturated heterocycles. The van der Waals surface area contributed by atoms with Gasteiger partial charge in [0.05, 0.1) is 24.4 Å². The third kappa shape index (κ3) is 9.78. The highest BCUT2D eigenvalue weighted by Gasteiger charge is 2.63. The molecule has 1 aromatic heterocycles. The monoisotopic (exact) mass is 698 g/mol. The average Bonchev–Trinajstić information content (AvgIpc) is 3.20. The van der Waals surface area contributed by atoms with Crippen molar-refractivity contribution >= 4 is 25.7 Å². The van der Waals surface area contributed by atoms with Gasteiger partial charge < -0.3 is 29.2 Å². The molecule has 19 heteroatoms. The van der Waals surface area contributed by atoms with E-state index in [-0.39, 0.29) is 5.92 Å². The van der Waals surface area contributed by atoms with Crippen LogP contribution in [0.4, 0.5) is 4.39 Å². The molecule has 1 unspecified atom stereocenters. The topological polar surface area (TPSA) is 217 Å². The molecule has 1 aliphatic rings. The van der Waals surface area contributed by atoms with Crippen LogP contribution in [0.3, 0.4) is 0 Å². The molecule has 1 fully saturated rings. The molecule has 2 heterocycles. The molecular formula is C28H44FN2O15P. The molecule has 2 N–H and O–H groups in total. The van der Waals surface area contributed by atoms with E-state index in [1.54, 1.807) is 20.8 Å². The standard InChI is InChI=1S/C28H44FN2O15P/c1-16(2)19(7)23(35)40-13-31-20(32)9-10-30(26(31)37)25-27(8,38)24(36)28(11-29,46-25)12-43-47(39,44-14-41-21(33)17(3)4)45-15-42-22(34)18(5)6/h9-10,16-19,24-25,36,38H,11-15H2,1-8H3/t19?,24-,25+,27+,28+/m0/s1. The lowest BCUT2D eigenvalue weighted by Gasteiger charge is -2.31. The van der Waals surface area contributed by atoms with Crippen LogP contribution in [-0.4, -0.2) is 81.4 Å². The van der Waals surface area contributed by atoms with E-state index in [9.17, 15) is 43.1 Å². The van der Waals surface area contributed by atoms with Gasteiger partial charge in [0.15, 0.2) is 18.6 Å². The van der Waals surface area contributed by atoms with Crippen LogP contribution in [0.2, 0.25) is 0 Å². The normalized spacial score (nSPS) is 23.7. The Balaban J connectivity index is 2.35. The number of phosphoric acid groups is 1. The summed E-state index contributed by atoms with van der Waals surface area (Å²) in [6.45, 7) is 6.79. The third-order valence-electron chi connectivity index (χ3n) is 7.41. The minimum atomic E-state index is -4.87. The lowest BCUT2D eigenvalue weighted by molar-refractivity contribution is -0.161. The quantitative estimate of drug-likeness (QED) is 0.102. The van der Waals surface area contributed by atoms with Crippen molar-refractivity contribution in [1.82, 2.24) is 9.13 Å². The summed E-state index contributed by atoms with van der Waals surface area (Å²) in [6.07, 6.45) is -3.13. The van der Waals surface area contributed by atoms with Crippen molar-refractivity contribution in [2.75, 3.05) is 26.9 Å². The Kier molecular flexibility index (Phi) is 14.0. The first-order valence-corrected chi connectivity index (χ1v) is 16.2. The van der Waals surface area contributed by atoms with Crippen molar-refractivity contribution in [3.8, 4) is 0 Å². The minimum Gasteiger partial charge on any atom is -0.443 e. The van der Waals surface area contributed by atoms with E-state index in [2.05, 4.69) is 0 Å². The molecule has 17 nitrogen and oxygen atoms in total. The summed E-state index contributed by atoms with van der Waals surface area (Å²) in [6, 6.07) is 0.895. The fourth-order valence-electron chi connectivity index (χ4n) is 3.96. The number of aliphatic hydroxyl groups is 2. The van der Waals surface area contributed by atoms with E-state index in [1.165, 1.54) is 27.7 Å². The van der Waals surface area contributed by atoms with Gasteiger partial charge in [-0.05, 0) is 12.8 Å². The number of carbonyl (C=O) groups is 3. The Labute approximate surface area is 270 Å². The first-order valence-electron chi connectivity index (χ1n) is 14.7. The summed E-state index contributed by atoms with van der Waals surface area (Å²) in [7, 11) is -4.87. The zero-order chi connectivity index (χ0) is 35.9. The van der Waals surface area contributed by atoms with E-state index in [0.717, 1.165) is 19.2 Å². The van der Waals surface area contributed by atoms with Crippen LogP contribution in [0.15, 0.2) is 21.9 Å². The Morgan fingerprint density at radius 1 is 0.957 bits per heavy atom. The Morgan fingerprint density at radius 2 is 1.49 bits per heavy atom.